The molecule has 0 bridgehead atoms. The van der Waals surface area contributed by atoms with Gasteiger partial charge in [-0.25, -0.2) is 4.79 Å². The van der Waals surface area contributed by atoms with Gasteiger partial charge in [-0.15, -0.1) is 0 Å². The molecule has 1 fully saturated rings. The summed E-state index contributed by atoms with van der Waals surface area (Å²) >= 11 is 0.296. The van der Waals surface area contributed by atoms with Crippen LogP contribution in [-0.2, 0) is 68.8 Å². The van der Waals surface area contributed by atoms with Gasteiger partial charge in [-0.2, -0.15) is 11.8 Å². The molecule has 0 spiro atoms. The molecular weight excluding hydrogens is 1020 g/mol. The fourth-order valence-corrected chi connectivity index (χ4v) is 10.3. The van der Waals surface area contributed by atoms with Crippen molar-refractivity contribution in [3.05, 3.63) is 108 Å². The van der Waals surface area contributed by atoms with Gasteiger partial charge in [-0.05, 0) is 72.3 Å². The molecule has 3 aromatic carbocycles. The third-order valence-corrected chi connectivity index (χ3v) is 15.3. The van der Waals surface area contributed by atoms with Gasteiger partial charge >= 0.3 is 5.97 Å². The van der Waals surface area contributed by atoms with E-state index in [9.17, 15) is 48.0 Å². The molecule has 1 aliphatic heterocycles. The van der Waals surface area contributed by atoms with E-state index >= 15 is 0 Å². The summed E-state index contributed by atoms with van der Waals surface area (Å²) in [5, 5.41) is 27.8. The molecule has 19 nitrogen and oxygen atoms in total. The van der Waals surface area contributed by atoms with Gasteiger partial charge in [0, 0.05) is 49.3 Å². The molecule has 0 aliphatic carbocycles. The van der Waals surface area contributed by atoms with Crippen LogP contribution in [0.2, 0.25) is 0 Å². The number of benzene rings is 3. The van der Waals surface area contributed by atoms with Crippen molar-refractivity contribution in [2.45, 2.75) is 134 Å². The van der Waals surface area contributed by atoms with E-state index in [1.165, 1.54) is 22.9 Å². The number of aromatic amines is 1. The van der Waals surface area contributed by atoms with Crippen LogP contribution in [0.25, 0.3) is 10.9 Å². The van der Waals surface area contributed by atoms with Crippen LogP contribution in [0, 0.1) is 11.8 Å². The summed E-state index contributed by atoms with van der Waals surface area (Å²) in [6.45, 7) is 7.49. The molecule has 0 radical (unpaired) electrons. The van der Waals surface area contributed by atoms with Crippen LogP contribution < -0.4 is 37.6 Å². The number of nitrogens with two attached hydrogens (primary N) is 1. The topological polar surface area (TPSA) is 297 Å². The zero-order valence-corrected chi connectivity index (χ0v) is 46.5. The maximum Gasteiger partial charge on any atom is 0.326 e. The van der Waals surface area contributed by atoms with Gasteiger partial charge in [0.25, 0.3) is 0 Å². The summed E-state index contributed by atoms with van der Waals surface area (Å²) in [6.07, 6.45) is 6.81. The van der Waals surface area contributed by atoms with Gasteiger partial charge in [0.2, 0.25) is 41.4 Å². The standard InChI is InChI=1S/C56H77N9O10S2/c1-7-35(4)48(56(73)74)64-53(70)46(32-38-33-58-41-22-15-14-21-39(38)41)62-51(68)44(30-36-17-10-8-11-18-36)61-52(69)45(31-37-19-12-9-13-20-37)63-54(71)47-23-16-26-65(47)55(72)42(24-27-76-5)59-50(67)43(29-34(2)3)60-49(66)40(57)25-28-77(6)75/h8-15,17-22,33-35,40,42-48,58H,7,16,23-32,57H2,1-6H3,(H,59,67)(H,60,66)(H,61,69)(H,62,68)(H,63,71)(H,64,70)(H,73,74)/t35-,40-,42-,43-,44-,45-,46-,47-,48-,77?/m0/s1. The molecule has 7 amide bonds. The summed E-state index contributed by atoms with van der Waals surface area (Å²) in [7, 11) is 0. The highest BCUT2D eigenvalue weighted by Crippen LogP contribution is 2.23. The number of carbonyl (C=O) groups excluding carboxylic acids is 7. The molecule has 5 rings (SSSR count). The number of H-pyrrole nitrogens is 1. The molecule has 21 heteroatoms. The first-order valence-electron chi connectivity index (χ1n) is 26.3. The highest BCUT2D eigenvalue weighted by Gasteiger charge is 2.40. The number of aromatic nitrogens is 1. The Hall–Kier alpha value is -6.42. The number of nitrogens with one attached hydrogen (secondary N) is 7. The lowest BCUT2D eigenvalue weighted by molar-refractivity contribution is -0.144. The number of aliphatic carboxylic acids is 1. The molecule has 1 saturated heterocycles. The van der Waals surface area contributed by atoms with Crippen molar-refractivity contribution in [2.24, 2.45) is 17.6 Å². The Morgan fingerprint density at radius 1 is 0.727 bits per heavy atom. The van der Waals surface area contributed by atoms with Crippen LogP contribution >= 0.6 is 11.8 Å². The number of thioether (sulfide) groups is 1. The van der Waals surface area contributed by atoms with E-state index in [-0.39, 0.29) is 63.2 Å². The third kappa shape index (κ3) is 18.6. The van der Waals surface area contributed by atoms with Crippen molar-refractivity contribution >= 4 is 81.2 Å². The minimum Gasteiger partial charge on any atom is -0.617 e. The van der Waals surface area contributed by atoms with Gasteiger partial charge in [-0.3, -0.25) is 33.6 Å². The third-order valence-electron chi connectivity index (χ3n) is 13.8. The quantitative estimate of drug-likeness (QED) is 0.0341. The molecule has 2 heterocycles. The number of para-hydroxylation sites is 1. The van der Waals surface area contributed by atoms with Crippen LogP contribution in [0.15, 0.2) is 91.1 Å². The Morgan fingerprint density at radius 3 is 1.83 bits per heavy atom. The second-order valence-electron chi connectivity index (χ2n) is 20.2. The van der Waals surface area contributed by atoms with Gasteiger partial charge in [0.15, 0.2) is 0 Å². The summed E-state index contributed by atoms with van der Waals surface area (Å²) < 4.78 is 11.7. The van der Waals surface area contributed by atoms with E-state index in [4.69, 9.17) is 5.73 Å². The second kappa shape index (κ2) is 30.5. The Kier molecular flexibility index (Phi) is 24.3. The number of hydrogen-bond donors (Lipinski definition) is 9. The number of likely N-dealkylation sites (tertiary alicyclic amines) is 1. The number of amides is 7. The summed E-state index contributed by atoms with van der Waals surface area (Å²) in [5.41, 5.74) is 8.93. The van der Waals surface area contributed by atoms with Crippen molar-refractivity contribution < 1.29 is 48.0 Å². The number of rotatable bonds is 30. The molecule has 1 unspecified atom stereocenters. The number of carboxylic acid groups (broad SMARTS) is 1. The summed E-state index contributed by atoms with van der Waals surface area (Å²) in [4.78, 5) is 117. The molecule has 77 heavy (non-hydrogen) atoms. The van der Waals surface area contributed by atoms with Crippen molar-refractivity contribution in [2.75, 3.05) is 30.6 Å². The van der Waals surface area contributed by atoms with E-state index in [1.54, 1.807) is 67.7 Å². The molecule has 0 saturated carbocycles. The van der Waals surface area contributed by atoms with Crippen molar-refractivity contribution in [3.8, 4) is 0 Å². The fourth-order valence-electron chi connectivity index (χ4n) is 9.27. The van der Waals surface area contributed by atoms with Crippen LogP contribution in [0.1, 0.15) is 82.9 Å². The average molecular weight is 1100 g/mol. The van der Waals surface area contributed by atoms with Crippen LogP contribution in [0.4, 0.5) is 0 Å². The van der Waals surface area contributed by atoms with Crippen LogP contribution in [-0.4, -0.2) is 146 Å². The monoisotopic (exact) mass is 1100 g/mol. The lowest BCUT2D eigenvalue weighted by Gasteiger charge is -2.31. The first kappa shape index (κ1) is 61.4. The van der Waals surface area contributed by atoms with E-state index in [0.29, 0.717) is 35.3 Å². The molecule has 1 aliphatic rings. The average Bonchev–Trinajstić information content (AvgIpc) is 4.08. The van der Waals surface area contributed by atoms with Crippen LogP contribution in [0.3, 0.4) is 0 Å². The molecule has 10 N–H and O–H groups in total. The predicted molar refractivity (Wildman–Crippen MR) is 300 cm³/mol. The Balaban J connectivity index is 1.40. The Morgan fingerprint density at radius 2 is 1.26 bits per heavy atom. The van der Waals surface area contributed by atoms with Gasteiger partial charge in [0.05, 0.1) is 12.3 Å². The second-order valence-corrected chi connectivity index (χ2v) is 22.8. The smallest absolute Gasteiger partial charge is 0.326 e. The normalized spacial score (nSPS) is 16.9. The molecule has 10 atom stereocenters. The van der Waals surface area contributed by atoms with E-state index in [1.807, 2.05) is 57.4 Å². The lowest BCUT2D eigenvalue weighted by Crippen LogP contribution is -2.61. The zero-order valence-electron chi connectivity index (χ0n) is 44.9. The van der Waals surface area contributed by atoms with Crippen molar-refractivity contribution in [3.63, 3.8) is 0 Å². The minimum absolute atomic E-state index is 0.00807. The number of carbonyl (C=O) groups is 8. The predicted octanol–water partition coefficient (Wildman–Crippen LogP) is 3.12. The van der Waals surface area contributed by atoms with Crippen molar-refractivity contribution in [1.82, 2.24) is 41.8 Å². The van der Waals surface area contributed by atoms with Crippen molar-refractivity contribution in [1.29, 1.82) is 0 Å². The van der Waals surface area contributed by atoms with Gasteiger partial charge in [0.1, 0.15) is 48.0 Å². The highest BCUT2D eigenvalue weighted by atomic mass is 32.2. The van der Waals surface area contributed by atoms with Gasteiger partial charge in [-0.1, -0.05) is 124 Å². The minimum atomic E-state index is -1.31. The summed E-state index contributed by atoms with van der Waals surface area (Å²) in [5.74, 6) is -5.49. The lowest BCUT2D eigenvalue weighted by atomic mass is 9.97. The molecule has 418 valence electrons. The number of nitrogens with zero attached hydrogens (tertiary/aromatic N) is 1. The van der Waals surface area contributed by atoms with Gasteiger partial charge < -0.3 is 57.2 Å². The fraction of sp³-hybridized carbons (Fsp3) is 0.500. The molecular formula is C56H77N9O10S2. The Bertz CT molecular complexity index is 2600. The SMILES string of the molecule is CC[C@H](C)[C@H](NC(=O)[C@H](Cc1c[nH]c2ccccc12)NC(=O)[C@H](Cc1ccccc1)NC(=O)[C@H](Cc1ccccc1)NC(=O)[C@@H]1CCCN1C(=O)[C@H](CCSC)NC(=O)[C@H](CC(C)C)NC(=O)[C@@H](N)CC[S+](C)[O-])C(=O)O. The maximum atomic E-state index is 14.8. The first-order valence-corrected chi connectivity index (χ1v) is 29.4. The van der Waals surface area contributed by atoms with E-state index < -0.39 is 113 Å². The van der Waals surface area contributed by atoms with E-state index in [2.05, 4.69) is 36.9 Å². The zero-order chi connectivity index (χ0) is 56.2. The largest absolute Gasteiger partial charge is 0.617 e. The van der Waals surface area contributed by atoms with Crippen LogP contribution in [0.5, 0.6) is 0 Å². The molecule has 1 aromatic heterocycles. The number of carboxylic acids is 1. The first-order chi connectivity index (χ1) is 36.8. The summed E-state index contributed by atoms with van der Waals surface area (Å²) in [6, 6.07) is 16.1. The number of hydrogen-bond acceptors (Lipinski definition) is 11. The highest BCUT2D eigenvalue weighted by molar-refractivity contribution is 7.98. The number of fused-ring (bicyclic) bond motifs is 1. The van der Waals surface area contributed by atoms with E-state index in [0.717, 1.165) is 10.9 Å². The Labute approximate surface area is 458 Å². The molecule has 4 aromatic rings. The maximum absolute atomic E-state index is 14.8.